The van der Waals surface area contributed by atoms with E-state index in [0.29, 0.717) is 5.02 Å². The molecule has 0 radical (unpaired) electrons. The third-order valence-corrected chi connectivity index (χ3v) is 4.10. The molecule has 0 aliphatic heterocycles. The van der Waals surface area contributed by atoms with Crippen molar-refractivity contribution in [2.75, 3.05) is 0 Å². The van der Waals surface area contributed by atoms with E-state index in [0.717, 1.165) is 5.56 Å². The average molecular weight is 297 g/mol. The summed E-state index contributed by atoms with van der Waals surface area (Å²) in [5.74, 6) is -1.31. The number of carbonyl (C=O) groups excluding carboxylic acids is 1. The lowest BCUT2D eigenvalue weighted by Crippen LogP contribution is -2.07. The smallest absolute Gasteiger partial charge is 0.204 e. The molecule has 1 aromatic carbocycles. The maximum atomic E-state index is 12.4. The number of Topliss-reactive ketones (excluding diaryl/α,β-unsaturated/α-hetero) is 1. The quantitative estimate of drug-likeness (QED) is 0.811. The molecular weight excluding hydrogens is 288 g/mol. The monoisotopic (exact) mass is 296 g/mol. The first kappa shape index (κ1) is 13.4. The third kappa shape index (κ3) is 1.93. The van der Waals surface area contributed by atoms with Crippen molar-refractivity contribution in [2.24, 2.45) is 11.3 Å². The van der Waals surface area contributed by atoms with Crippen LogP contribution in [0, 0.1) is 34.0 Å². The Balaban J connectivity index is 2.00. The molecular formula is C16H9ClN2O2. The molecule has 1 fully saturated rings. The van der Waals surface area contributed by atoms with Crippen LogP contribution in [0.3, 0.4) is 0 Å². The van der Waals surface area contributed by atoms with E-state index in [4.69, 9.17) is 16.0 Å². The minimum absolute atomic E-state index is 0.173. The van der Waals surface area contributed by atoms with Gasteiger partial charge in [-0.2, -0.15) is 10.5 Å². The highest BCUT2D eigenvalue weighted by Crippen LogP contribution is 2.65. The Morgan fingerprint density at radius 2 is 1.86 bits per heavy atom. The maximum absolute atomic E-state index is 12.4. The number of furan rings is 1. The van der Waals surface area contributed by atoms with Gasteiger partial charge in [0.15, 0.2) is 11.2 Å². The Bertz CT molecular complexity index is 752. The van der Waals surface area contributed by atoms with E-state index in [1.165, 1.54) is 6.26 Å². The van der Waals surface area contributed by atoms with Gasteiger partial charge < -0.3 is 4.42 Å². The zero-order valence-corrected chi connectivity index (χ0v) is 11.5. The first-order valence-electron chi connectivity index (χ1n) is 6.29. The lowest BCUT2D eigenvalue weighted by molar-refractivity contribution is 0.0930. The molecule has 21 heavy (non-hydrogen) atoms. The van der Waals surface area contributed by atoms with E-state index in [9.17, 15) is 15.3 Å². The number of hydrogen-bond donors (Lipinski definition) is 0. The normalized spacial score (nSPS) is 22.0. The molecule has 4 nitrogen and oxygen atoms in total. The van der Waals surface area contributed by atoms with Gasteiger partial charge >= 0.3 is 0 Å². The van der Waals surface area contributed by atoms with E-state index in [2.05, 4.69) is 0 Å². The number of ketones is 1. The molecule has 2 unspecified atom stereocenters. The number of nitrogens with zero attached hydrogens (tertiary/aromatic N) is 2. The van der Waals surface area contributed by atoms with Crippen LogP contribution in [0.25, 0.3) is 0 Å². The molecule has 0 spiro atoms. The zero-order chi connectivity index (χ0) is 15.0. The van der Waals surface area contributed by atoms with E-state index in [1.807, 2.05) is 12.1 Å². The van der Waals surface area contributed by atoms with Crippen LogP contribution in [0.4, 0.5) is 0 Å². The molecule has 1 aromatic heterocycles. The van der Waals surface area contributed by atoms with Gasteiger partial charge in [-0.3, -0.25) is 4.79 Å². The Hall–Kier alpha value is -2.56. The molecule has 2 atom stereocenters. The second-order valence-corrected chi connectivity index (χ2v) is 5.38. The molecule has 0 bridgehead atoms. The van der Waals surface area contributed by atoms with Crippen molar-refractivity contribution in [2.45, 2.75) is 5.92 Å². The number of nitriles is 2. The number of halogens is 1. The predicted molar refractivity (Wildman–Crippen MR) is 74.4 cm³/mol. The van der Waals surface area contributed by atoms with Crippen LogP contribution in [-0.2, 0) is 0 Å². The molecule has 1 aliphatic carbocycles. The maximum Gasteiger partial charge on any atom is 0.204 e. The molecule has 5 heteroatoms. The van der Waals surface area contributed by atoms with Crippen molar-refractivity contribution < 1.29 is 9.21 Å². The van der Waals surface area contributed by atoms with Crippen LogP contribution < -0.4 is 0 Å². The number of hydrogen-bond acceptors (Lipinski definition) is 4. The number of rotatable bonds is 3. The first-order chi connectivity index (χ1) is 10.1. The summed E-state index contributed by atoms with van der Waals surface area (Å²) in [4.78, 5) is 12.4. The Morgan fingerprint density at radius 1 is 1.19 bits per heavy atom. The Morgan fingerprint density at radius 3 is 2.38 bits per heavy atom. The van der Waals surface area contributed by atoms with Gasteiger partial charge in [-0.05, 0) is 29.8 Å². The van der Waals surface area contributed by atoms with Crippen molar-refractivity contribution in [3.63, 3.8) is 0 Å². The lowest BCUT2D eigenvalue weighted by Gasteiger charge is -1.99. The van der Waals surface area contributed by atoms with E-state index in [1.54, 1.807) is 36.4 Å². The van der Waals surface area contributed by atoms with E-state index >= 15 is 0 Å². The van der Waals surface area contributed by atoms with Crippen LogP contribution in [0.1, 0.15) is 22.0 Å². The summed E-state index contributed by atoms with van der Waals surface area (Å²) in [5.41, 5.74) is -0.579. The average Bonchev–Trinajstić information content (AvgIpc) is 2.87. The van der Waals surface area contributed by atoms with Gasteiger partial charge in [-0.15, -0.1) is 0 Å². The topological polar surface area (TPSA) is 77.8 Å². The highest BCUT2D eigenvalue weighted by molar-refractivity contribution is 6.30. The van der Waals surface area contributed by atoms with Gasteiger partial charge in [0.1, 0.15) is 0 Å². The predicted octanol–water partition coefficient (Wildman–Crippen LogP) is 3.56. The van der Waals surface area contributed by atoms with Crippen molar-refractivity contribution in [1.82, 2.24) is 0 Å². The van der Waals surface area contributed by atoms with E-state index < -0.39 is 17.3 Å². The molecule has 2 aromatic rings. The number of benzene rings is 1. The van der Waals surface area contributed by atoms with Crippen LogP contribution in [-0.4, -0.2) is 5.78 Å². The fourth-order valence-electron chi connectivity index (χ4n) is 2.75. The van der Waals surface area contributed by atoms with Gasteiger partial charge in [0.25, 0.3) is 0 Å². The van der Waals surface area contributed by atoms with Crippen LogP contribution in [0.15, 0.2) is 47.1 Å². The summed E-state index contributed by atoms with van der Waals surface area (Å²) in [6.07, 6.45) is 1.40. The summed E-state index contributed by atoms with van der Waals surface area (Å²) in [6.45, 7) is 0. The minimum Gasteiger partial charge on any atom is -0.461 e. The molecule has 1 heterocycles. The largest absolute Gasteiger partial charge is 0.461 e. The Kier molecular flexibility index (Phi) is 3.05. The van der Waals surface area contributed by atoms with Crippen LogP contribution >= 0.6 is 11.6 Å². The third-order valence-electron chi connectivity index (χ3n) is 3.85. The molecule has 1 saturated carbocycles. The van der Waals surface area contributed by atoms with Crippen LogP contribution in [0.2, 0.25) is 5.02 Å². The van der Waals surface area contributed by atoms with E-state index in [-0.39, 0.29) is 11.5 Å². The van der Waals surface area contributed by atoms with Gasteiger partial charge in [0, 0.05) is 10.9 Å². The van der Waals surface area contributed by atoms with Gasteiger partial charge in [0.05, 0.1) is 24.3 Å². The summed E-state index contributed by atoms with van der Waals surface area (Å²) in [5, 5.41) is 19.3. The molecule has 1 aliphatic rings. The van der Waals surface area contributed by atoms with Gasteiger partial charge in [-0.25, -0.2) is 0 Å². The van der Waals surface area contributed by atoms with Gasteiger partial charge in [0.2, 0.25) is 5.78 Å². The van der Waals surface area contributed by atoms with Gasteiger partial charge in [-0.1, -0.05) is 23.7 Å². The Labute approximate surface area is 126 Å². The fourth-order valence-corrected chi connectivity index (χ4v) is 2.87. The highest BCUT2D eigenvalue weighted by Gasteiger charge is 2.71. The zero-order valence-electron chi connectivity index (χ0n) is 10.8. The second kappa shape index (κ2) is 4.77. The second-order valence-electron chi connectivity index (χ2n) is 4.94. The molecule has 3 rings (SSSR count). The van der Waals surface area contributed by atoms with Crippen molar-refractivity contribution in [3.05, 3.63) is 59.0 Å². The fraction of sp³-hybridized carbons (Fsp3) is 0.188. The summed E-state index contributed by atoms with van der Waals surface area (Å²) in [7, 11) is 0. The molecule has 0 amide bonds. The van der Waals surface area contributed by atoms with Crippen molar-refractivity contribution in [1.29, 1.82) is 10.5 Å². The summed E-state index contributed by atoms with van der Waals surface area (Å²) in [6, 6.07) is 14.0. The summed E-state index contributed by atoms with van der Waals surface area (Å²) < 4.78 is 5.09. The summed E-state index contributed by atoms with van der Waals surface area (Å²) >= 11 is 5.84. The standard InChI is InChI=1S/C16H9ClN2O2/c17-11-5-3-10(4-6-11)13-14(16(13,8-18)9-19)15(20)12-2-1-7-21-12/h1-7,13-14H. The number of carbonyl (C=O) groups is 1. The van der Waals surface area contributed by atoms with Crippen molar-refractivity contribution >= 4 is 17.4 Å². The molecule has 0 saturated heterocycles. The molecule has 102 valence electrons. The molecule has 0 N–H and O–H groups in total. The SMILES string of the molecule is N#CC1(C#N)C(C(=O)c2ccco2)C1c1ccc(Cl)cc1. The highest BCUT2D eigenvalue weighted by atomic mass is 35.5. The first-order valence-corrected chi connectivity index (χ1v) is 6.67. The van der Waals surface area contributed by atoms with Crippen LogP contribution in [0.5, 0.6) is 0 Å². The van der Waals surface area contributed by atoms with Crippen molar-refractivity contribution in [3.8, 4) is 12.1 Å². The lowest BCUT2D eigenvalue weighted by atomic mass is 10.0. The minimum atomic E-state index is -1.34.